The predicted octanol–water partition coefficient (Wildman–Crippen LogP) is -1.10. The van der Waals surface area contributed by atoms with Crippen LogP contribution in [0.4, 0.5) is 0 Å². The first-order valence-electron chi connectivity index (χ1n) is 3.86. The van der Waals surface area contributed by atoms with E-state index in [0.29, 0.717) is 0 Å². The molecule has 0 aliphatic rings. The van der Waals surface area contributed by atoms with E-state index in [1.54, 1.807) is 0 Å². The van der Waals surface area contributed by atoms with Crippen LogP contribution in [-0.2, 0) is 19.1 Å². The molecule has 7 nitrogen and oxygen atoms in total. The van der Waals surface area contributed by atoms with Gasteiger partial charge >= 0.3 is 11.9 Å². The predicted molar refractivity (Wildman–Crippen MR) is 42.6 cm³/mol. The van der Waals surface area contributed by atoms with Crippen LogP contribution < -0.4 is 0 Å². The molecule has 82 valence electrons. The Morgan fingerprint density at radius 3 is 2.14 bits per heavy atom. The van der Waals surface area contributed by atoms with E-state index >= 15 is 0 Å². The fourth-order valence-electron chi connectivity index (χ4n) is 0.649. The first-order valence-corrected chi connectivity index (χ1v) is 3.86. The highest BCUT2D eigenvalue weighted by molar-refractivity contribution is 5.74. The highest BCUT2D eigenvalue weighted by atomic mass is 16.7. The largest absolute Gasteiger partial charge is 0.479 e. The van der Waals surface area contributed by atoms with Gasteiger partial charge in [0.1, 0.15) is 0 Å². The number of aliphatic carboxylic acids is 2. The van der Waals surface area contributed by atoms with Gasteiger partial charge in [-0.2, -0.15) is 0 Å². The summed E-state index contributed by atoms with van der Waals surface area (Å²) in [5.41, 5.74) is 0. The molecule has 0 bridgehead atoms. The summed E-state index contributed by atoms with van der Waals surface area (Å²) in [6.07, 6.45) is -3.27. The smallest absolute Gasteiger partial charge is 0.361 e. The molecule has 14 heavy (non-hydrogen) atoms. The molecule has 0 radical (unpaired) electrons. The summed E-state index contributed by atoms with van der Waals surface area (Å²) in [4.78, 5) is 20.8. The molecule has 0 fully saturated rings. The summed E-state index contributed by atoms with van der Waals surface area (Å²) in [6.45, 7) is 0.787. The number of carboxylic acids is 2. The van der Waals surface area contributed by atoms with Crippen molar-refractivity contribution in [3.63, 3.8) is 0 Å². The topological polar surface area (TPSA) is 113 Å². The SMILES string of the molecule is CCOC(OC(CO)C(=O)O)C(=O)O. The third-order valence-corrected chi connectivity index (χ3v) is 1.25. The summed E-state index contributed by atoms with van der Waals surface area (Å²) < 4.78 is 9.08. The van der Waals surface area contributed by atoms with Crippen LogP contribution in [0.1, 0.15) is 6.92 Å². The van der Waals surface area contributed by atoms with E-state index in [1.807, 2.05) is 0 Å². The lowest BCUT2D eigenvalue weighted by Crippen LogP contribution is -2.37. The van der Waals surface area contributed by atoms with E-state index in [2.05, 4.69) is 9.47 Å². The maximum Gasteiger partial charge on any atom is 0.361 e. The van der Waals surface area contributed by atoms with Crippen molar-refractivity contribution in [3.05, 3.63) is 0 Å². The molecule has 0 amide bonds. The zero-order valence-electron chi connectivity index (χ0n) is 7.54. The molecule has 0 aromatic heterocycles. The van der Waals surface area contributed by atoms with E-state index < -0.39 is 30.9 Å². The van der Waals surface area contributed by atoms with Crippen molar-refractivity contribution in [3.8, 4) is 0 Å². The number of carbonyl (C=O) groups is 2. The highest BCUT2D eigenvalue weighted by Crippen LogP contribution is 2.01. The van der Waals surface area contributed by atoms with Gasteiger partial charge < -0.3 is 24.8 Å². The Labute approximate surface area is 79.9 Å². The van der Waals surface area contributed by atoms with E-state index in [0.717, 1.165) is 0 Å². The fourth-order valence-corrected chi connectivity index (χ4v) is 0.649. The van der Waals surface area contributed by atoms with Crippen LogP contribution in [-0.4, -0.2) is 52.9 Å². The van der Waals surface area contributed by atoms with Crippen molar-refractivity contribution in [1.82, 2.24) is 0 Å². The quantitative estimate of drug-likeness (QED) is 0.455. The molecule has 3 N–H and O–H groups in total. The molecule has 0 spiro atoms. The molecule has 0 aromatic carbocycles. The van der Waals surface area contributed by atoms with Crippen LogP contribution in [0.3, 0.4) is 0 Å². The lowest BCUT2D eigenvalue weighted by Gasteiger charge is -2.17. The average Bonchev–Trinajstić information content (AvgIpc) is 2.11. The number of carboxylic acid groups (broad SMARTS) is 2. The van der Waals surface area contributed by atoms with Gasteiger partial charge in [-0.05, 0) is 6.92 Å². The van der Waals surface area contributed by atoms with E-state index in [4.69, 9.17) is 15.3 Å². The molecule has 0 rings (SSSR count). The number of rotatable bonds is 7. The van der Waals surface area contributed by atoms with E-state index in [1.165, 1.54) is 6.92 Å². The second-order valence-corrected chi connectivity index (χ2v) is 2.27. The van der Waals surface area contributed by atoms with Crippen molar-refractivity contribution >= 4 is 11.9 Å². The number of aliphatic hydroxyl groups is 1. The van der Waals surface area contributed by atoms with Crippen LogP contribution in [0.2, 0.25) is 0 Å². The second kappa shape index (κ2) is 6.30. The molecule has 0 aromatic rings. The van der Waals surface area contributed by atoms with Gasteiger partial charge in [0.05, 0.1) is 6.61 Å². The van der Waals surface area contributed by atoms with Gasteiger partial charge in [-0.15, -0.1) is 0 Å². The Bertz CT molecular complexity index is 202. The number of hydrogen-bond donors (Lipinski definition) is 3. The minimum atomic E-state index is -1.67. The second-order valence-electron chi connectivity index (χ2n) is 2.27. The highest BCUT2D eigenvalue weighted by Gasteiger charge is 2.27. The Balaban J connectivity index is 4.25. The zero-order valence-corrected chi connectivity index (χ0v) is 7.54. The van der Waals surface area contributed by atoms with Crippen molar-refractivity contribution in [2.24, 2.45) is 0 Å². The van der Waals surface area contributed by atoms with Crippen molar-refractivity contribution in [1.29, 1.82) is 0 Å². The van der Waals surface area contributed by atoms with Gasteiger partial charge in [0.2, 0.25) is 0 Å². The molecular formula is C7H12O7. The van der Waals surface area contributed by atoms with Crippen molar-refractivity contribution in [2.45, 2.75) is 19.3 Å². The molecule has 0 aliphatic carbocycles. The van der Waals surface area contributed by atoms with E-state index in [-0.39, 0.29) is 6.61 Å². The summed E-state index contributed by atoms with van der Waals surface area (Å²) >= 11 is 0. The van der Waals surface area contributed by atoms with Crippen LogP contribution in [0, 0.1) is 0 Å². The third kappa shape index (κ3) is 4.17. The molecule has 7 heteroatoms. The van der Waals surface area contributed by atoms with Gasteiger partial charge in [0, 0.05) is 6.61 Å². The lowest BCUT2D eigenvalue weighted by atomic mass is 10.4. The normalized spacial score (nSPS) is 14.7. The Morgan fingerprint density at radius 2 is 1.86 bits per heavy atom. The summed E-state index contributed by atoms with van der Waals surface area (Å²) in [6, 6.07) is 0. The van der Waals surface area contributed by atoms with Gasteiger partial charge in [-0.25, -0.2) is 9.59 Å². The van der Waals surface area contributed by atoms with Gasteiger partial charge in [-0.1, -0.05) is 0 Å². The monoisotopic (exact) mass is 208 g/mol. The molecule has 0 heterocycles. The van der Waals surface area contributed by atoms with Crippen molar-refractivity contribution < 1.29 is 34.4 Å². The first kappa shape index (κ1) is 12.8. The van der Waals surface area contributed by atoms with Crippen LogP contribution in [0.5, 0.6) is 0 Å². The summed E-state index contributed by atoms with van der Waals surface area (Å²) in [7, 11) is 0. The first-order chi connectivity index (χ1) is 6.52. The number of ether oxygens (including phenoxy) is 2. The molecule has 2 atom stereocenters. The lowest BCUT2D eigenvalue weighted by molar-refractivity contribution is -0.208. The zero-order chi connectivity index (χ0) is 11.1. The molecule has 0 saturated carbocycles. The number of hydrogen-bond acceptors (Lipinski definition) is 5. The number of aliphatic hydroxyl groups excluding tert-OH is 1. The fraction of sp³-hybridized carbons (Fsp3) is 0.714. The van der Waals surface area contributed by atoms with E-state index in [9.17, 15) is 9.59 Å². The molecule has 0 aliphatic heterocycles. The Hall–Kier alpha value is -1.18. The third-order valence-electron chi connectivity index (χ3n) is 1.25. The molecule has 0 saturated heterocycles. The Morgan fingerprint density at radius 1 is 1.29 bits per heavy atom. The van der Waals surface area contributed by atoms with Gasteiger partial charge in [-0.3, -0.25) is 0 Å². The minimum Gasteiger partial charge on any atom is -0.479 e. The van der Waals surface area contributed by atoms with Gasteiger partial charge in [0.25, 0.3) is 6.29 Å². The van der Waals surface area contributed by atoms with Crippen LogP contribution in [0.15, 0.2) is 0 Å². The van der Waals surface area contributed by atoms with Crippen LogP contribution >= 0.6 is 0 Å². The Kier molecular flexibility index (Phi) is 5.77. The van der Waals surface area contributed by atoms with Gasteiger partial charge in [0.15, 0.2) is 6.10 Å². The summed E-state index contributed by atoms with van der Waals surface area (Å²) in [5.74, 6) is -2.88. The van der Waals surface area contributed by atoms with Crippen LogP contribution in [0.25, 0.3) is 0 Å². The minimum absolute atomic E-state index is 0.0642. The van der Waals surface area contributed by atoms with Crippen molar-refractivity contribution in [2.75, 3.05) is 13.2 Å². The summed E-state index contributed by atoms with van der Waals surface area (Å²) in [5, 5.41) is 25.5. The molecule has 2 unspecified atom stereocenters. The maximum atomic E-state index is 10.4. The standard InChI is InChI=1S/C7H12O7/c1-2-13-7(6(11)12)14-4(3-8)5(9)10/h4,7-8H,2-3H2,1H3,(H,9,10)(H,11,12). The molecular weight excluding hydrogens is 196 g/mol. The average molecular weight is 208 g/mol. The maximum absolute atomic E-state index is 10.4.